The second-order valence-electron chi connectivity index (χ2n) is 35.8. The van der Waals surface area contributed by atoms with Gasteiger partial charge in [0.05, 0.1) is 51.8 Å². The molecule has 6 fully saturated rings. The molecule has 2 aliphatic carbocycles. The molecule has 12 atom stereocenters. The minimum atomic E-state index is -5.05. The molecule has 13 heterocycles. The maximum atomic E-state index is 15.3. The van der Waals surface area contributed by atoms with E-state index >= 15 is 13.2 Å². The fourth-order valence-electron chi connectivity index (χ4n) is 19.3. The van der Waals surface area contributed by atoms with E-state index < -0.39 is 118 Å². The molecule has 0 bridgehead atoms. The summed E-state index contributed by atoms with van der Waals surface area (Å²) in [6, 6.07) is 19.6. The number of fused-ring (bicyclic) bond motifs is 3. The lowest BCUT2D eigenvalue weighted by atomic mass is 9.81. The summed E-state index contributed by atoms with van der Waals surface area (Å²) < 4.78 is 115. The number of alkyl halides is 5. The lowest BCUT2D eigenvalue weighted by Crippen LogP contribution is -2.65. The SMILES string of the molecule is CC(C)C1=C(C(=O)N2C[C@H](F)C[C@H]2C(=O)N2CC3(CC3)N(C(=O)C(F)(F)F)C[C@H]2C)SC2=N[C@@](C)(c3ccc(Cl)nc3)[C@@H](c3ccc(Cl)c(F)c3)N21.CC(C)C1=C(C(=O)N2C[C@H](F)C[C@H]2C(=O)N2CC3(CC3)NC[C@H]2C)SC2=N[C@@](C)(c3ccc(Cl)nc3)[C@@H](c3ccc(Cl)c(F)c3)N21.CC(C)C1=C(C(=O)O)SC2=N[C@@](C)(c3ccc(Cl)nc3)[C@@H](c3ccc(Cl)c(F)c3)N21. The summed E-state index contributed by atoms with van der Waals surface area (Å²) in [5.41, 5.74) is 1.91. The predicted molar refractivity (Wildman–Crippen MR) is 478 cm³/mol. The number of aliphatic imine (C=N–C) groups is 3. The summed E-state index contributed by atoms with van der Waals surface area (Å²) in [6.45, 7) is 21.1. The number of carbonyl (C=O) groups excluding carboxylic acids is 5. The molecule has 2 saturated carbocycles. The number of allylic oxidation sites excluding steroid dienone is 3. The number of amidine groups is 3. The van der Waals surface area contributed by atoms with Crippen LogP contribution in [0.15, 0.2) is 156 Å². The number of aromatic nitrogens is 3. The van der Waals surface area contributed by atoms with Crippen LogP contribution in [0.1, 0.15) is 166 Å². The minimum Gasteiger partial charge on any atom is -0.477 e. The number of nitrogens with zero attached hydrogens (tertiary/aromatic N) is 14. The molecule has 128 heavy (non-hydrogen) atoms. The summed E-state index contributed by atoms with van der Waals surface area (Å²) in [4.78, 5) is 123. The molecule has 18 rings (SSSR count). The van der Waals surface area contributed by atoms with Crippen LogP contribution in [0.2, 0.25) is 30.5 Å². The molecule has 39 heteroatoms. The van der Waals surface area contributed by atoms with Crippen LogP contribution in [0, 0.1) is 35.2 Å². The molecule has 4 saturated heterocycles. The summed E-state index contributed by atoms with van der Waals surface area (Å²) in [5.74, 6) is -6.97. The zero-order chi connectivity index (χ0) is 92.2. The van der Waals surface area contributed by atoms with Crippen LogP contribution in [-0.2, 0) is 45.4 Å². The molecule has 5 amide bonds. The number of piperazine rings is 2. The molecule has 22 nitrogen and oxygen atoms in total. The lowest BCUT2D eigenvalue weighted by Gasteiger charge is -2.47. The molecule has 6 aromatic rings. The average molecular weight is 1940 g/mol. The normalized spacial score (nSPS) is 27.7. The summed E-state index contributed by atoms with van der Waals surface area (Å²) in [7, 11) is 0. The fraction of sp³-hybridized carbons (Fsp3) is 0.461. The van der Waals surface area contributed by atoms with Gasteiger partial charge in [-0.05, 0) is 185 Å². The zero-order valence-electron chi connectivity index (χ0n) is 71.0. The smallest absolute Gasteiger partial charge is 0.471 e. The number of hydrogen-bond acceptors (Lipinski definition) is 19. The Kier molecular flexibility index (Phi) is 25.2. The van der Waals surface area contributed by atoms with Crippen LogP contribution in [-0.4, -0.2) is 203 Å². The van der Waals surface area contributed by atoms with Gasteiger partial charge in [-0.3, -0.25) is 24.0 Å². The third-order valence-corrected chi connectivity index (χ3v) is 30.9. The van der Waals surface area contributed by atoms with Crippen LogP contribution in [0.3, 0.4) is 0 Å². The first-order chi connectivity index (χ1) is 60.3. The number of carboxylic acid groups (broad SMARTS) is 1. The van der Waals surface area contributed by atoms with Crippen molar-refractivity contribution in [3.8, 4) is 0 Å². The Balaban J connectivity index is 0.000000146. The molecule has 2 N–H and O–H groups in total. The Bertz CT molecular complexity index is 5760. The number of amides is 5. The fourth-order valence-corrected chi connectivity index (χ4v) is 24.0. The van der Waals surface area contributed by atoms with Crippen LogP contribution >= 0.6 is 105 Å². The van der Waals surface area contributed by atoms with Crippen molar-refractivity contribution in [2.45, 2.75) is 203 Å². The third kappa shape index (κ3) is 16.7. The number of thioether (sulfide) groups is 3. The van der Waals surface area contributed by atoms with Crippen molar-refractivity contribution in [1.29, 1.82) is 0 Å². The van der Waals surface area contributed by atoms with Gasteiger partial charge < -0.3 is 49.6 Å². The van der Waals surface area contributed by atoms with Crippen molar-refractivity contribution >= 4 is 156 Å². The molecule has 10 aliphatic heterocycles. The van der Waals surface area contributed by atoms with E-state index in [1.807, 2.05) is 101 Å². The van der Waals surface area contributed by atoms with Gasteiger partial charge in [-0.1, -0.05) is 148 Å². The van der Waals surface area contributed by atoms with Crippen LogP contribution in [0.25, 0.3) is 0 Å². The minimum absolute atomic E-state index is 0.000899. The topological polar surface area (TPSA) is 236 Å². The largest absolute Gasteiger partial charge is 0.477 e. The van der Waals surface area contributed by atoms with E-state index in [-0.39, 0.29) is 110 Å². The Morgan fingerprint density at radius 1 is 0.484 bits per heavy atom. The molecule has 3 aromatic heterocycles. The number of pyridine rings is 3. The maximum absolute atomic E-state index is 15.3. The van der Waals surface area contributed by atoms with Gasteiger partial charge in [-0.2, -0.15) is 13.2 Å². The van der Waals surface area contributed by atoms with E-state index in [1.165, 1.54) is 62.9 Å². The number of carboxylic acids is 1. The molecular formula is C89H89Cl6F8N15O7S3. The summed E-state index contributed by atoms with van der Waals surface area (Å²) in [6.07, 6.45) is -0.669. The highest BCUT2D eigenvalue weighted by molar-refractivity contribution is 8.18. The quantitative estimate of drug-likeness (QED) is 0.0761. The van der Waals surface area contributed by atoms with Crippen molar-refractivity contribution in [2.75, 3.05) is 39.3 Å². The van der Waals surface area contributed by atoms with Gasteiger partial charge in [0.25, 0.3) is 11.8 Å². The van der Waals surface area contributed by atoms with E-state index in [2.05, 4.69) is 20.3 Å². The molecule has 12 aliphatic rings. The summed E-state index contributed by atoms with van der Waals surface area (Å²) >= 11 is 39.7. The number of hydrogen-bond donors (Lipinski definition) is 2. The Labute approximate surface area is 776 Å². The van der Waals surface area contributed by atoms with Gasteiger partial charge in [0.1, 0.15) is 88.7 Å². The molecule has 0 radical (unpaired) electrons. The first-order valence-corrected chi connectivity index (χ1v) is 46.6. The number of benzene rings is 3. The lowest BCUT2D eigenvalue weighted by molar-refractivity contribution is -0.193. The first kappa shape index (κ1) is 93.0. The number of aliphatic carboxylic acids is 1. The van der Waals surface area contributed by atoms with Gasteiger partial charge in [-0.15, -0.1) is 0 Å². The van der Waals surface area contributed by atoms with Gasteiger partial charge in [0, 0.05) is 109 Å². The standard InChI is InChI=1S/C35H35Cl2F5N6O3S.C33H36Cl2F2N6O2S.C21H18Cl2FN3O2S/c1-17(2)26-27(52-32-44-33(4,20-6-8-25(37)43-13-20)28(48(26)32)19-5-7-22(36)23(39)11-19)30(50)45-15-21(38)12-24(45)29(49)46-16-34(9-10-34)47(14-18(46)3)31(51)35(40,41)42;1-17(2)26-27(30(45)41-15-21(36)12-24(41)29(44)42-16-33(9-10-33)39-13-18(42)3)46-31-40-32(4,20-6-8-25(35)38-14-20)28(43(26)31)19-5-7-22(34)23(37)11-19;1-10(2)16-17(19(28)29)30-20-26-21(3,12-5-7-15(23)25-9-12)18(27(16)20)11-4-6-13(22)14(24)8-11/h5-8,11,13,17-18,21,24,28H,9-10,12,14-16H2,1-4H3;5-8,11,14,17-18,21,24,28,39H,9-10,12-13,15-16H2,1-4H3;4-10,18H,1-3H3,(H,28,29)/t18-,21-,24+,28-,33+;18-,21-,24+,28-,32+;18-,21+/m111/s1. The van der Waals surface area contributed by atoms with Gasteiger partial charge >= 0.3 is 18.1 Å². The Morgan fingerprint density at radius 3 is 1.15 bits per heavy atom. The van der Waals surface area contributed by atoms with Crippen LogP contribution in [0.4, 0.5) is 35.1 Å². The molecule has 0 unspecified atom stereocenters. The number of halogens is 14. The zero-order valence-corrected chi connectivity index (χ0v) is 78.0. The molecular weight excluding hydrogens is 1850 g/mol. The van der Waals surface area contributed by atoms with Crippen molar-refractivity contribution in [3.63, 3.8) is 0 Å². The van der Waals surface area contributed by atoms with Gasteiger partial charge in [0.2, 0.25) is 11.8 Å². The first-order valence-electron chi connectivity index (χ1n) is 41.8. The number of rotatable bonds is 14. The highest BCUT2D eigenvalue weighted by Gasteiger charge is 2.63. The van der Waals surface area contributed by atoms with E-state index in [9.17, 15) is 55.8 Å². The Hall–Kier alpha value is -8.25. The number of likely N-dealkylation sites (tertiary alicyclic amines) is 2. The van der Waals surface area contributed by atoms with Crippen LogP contribution in [0.5, 0.6) is 0 Å². The van der Waals surface area contributed by atoms with Crippen molar-refractivity contribution in [3.05, 3.63) is 223 Å². The number of carbonyl (C=O) groups is 6. The van der Waals surface area contributed by atoms with Crippen molar-refractivity contribution < 1.29 is 69.0 Å². The van der Waals surface area contributed by atoms with E-state index in [0.29, 0.717) is 96.0 Å². The molecule has 678 valence electrons. The van der Waals surface area contributed by atoms with E-state index in [4.69, 9.17) is 84.6 Å². The Morgan fingerprint density at radius 2 is 0.836 bits per heavy atom. The molecule has 3 aromatic carbocycles. The highest BCUT2D eigenvalue weighted by atomic mass is 35.5. The average Bonchev–Trinajstić information content (AvgIpc) is 1.56. The van der Waals surface area contributed by atoms with Crippen molar-refractivity contribution in [2.24, 2.45) is 32.7 Å². The number of nitrogens with one attached hydrogen (secondary N) is 1. The van der Waals surface area contributed by atoms with Gasteiger partial charge in [0.15, 0.2) is 15.5 Å². The van der Waals surface area contributed by atoms with E-state index in [0.717, 1.165) is 52.4 Å². The van der Waals surface area contributed by atoms with Gasteiger partial charge in [-0.25, -0.2) is 56.7 Å². The predicted octanol–water partition coefficient (Wildman–Crippen LogP) is 18.8. The monoisotopic (exact) mass is 1940 g/mol. The van der Waals surface area contributed by atoms with Crippen molar-refractivity contribution in [1.82, 2.24) is 59.5 Å². The third-order valence-electron chi connectivity index (χ3n) is 26.1. The van der Waals surface area contributed by atoms with E-state index in [1.54, 1.807) is 68.0 Å². The van der Waals surface area contributed by atoms with Crippen LogP contribution < -0.4 is 5.32 Å². The molecule has 2 spiro atoms. The second-order valence-corrected chi connectivity index (χ2v) is 41.1. The summed E-state index contributed by atoms with van der Waals surface area (Å²) in [5, 5.41) is 15.8. The maximum Gasteiger partial charge on any atom is 0.471 e. The second kappa shape index (κ2) is 34.7. The highest BCUT2D eigenvalue weighted by Crippen LogP contribution is 2.61.